The van der Waals surface area contributed by atoms with Crippen molar-refractivity contribution < 1.29 is 4.79 Å². The molecule has 0 fully saturated rings. The minimum absolute atomic E-state index is 0.0869. The second kappa shape index (κ2) is 7.75. The van der Waals surface area contributed by atoms with Crippen LogP contribution in [0.4, 0.5) is 0 Å². The quantitative estimate of drug-likeness (QED) is 0.708. The highest BCUT2D eigenvalue weighted by atomic mass is 16.2. The SMILES string of the molecule is Cc1nc2c(c(C)c1CCC(=O)NCc1cccnc1)c(=O)n(C)c(=O)n2C. The molecule has 1 amide bonds. The number of nitrogens with zero attached hydrogens (tertiary/aromatic N) is 4. The maximum absolute atomic E-state index is 12.6. The van der Waals surface area contributed by atoms with Crippen molar-refractivity contribution in [3.05, 3.63) is 67.7 Å². The van der Waals surface area contributed by atoms with Crippen LogP contribution in [0.3, 0.4) is 0 Å². The largest absolute Gasteiger partial charge is 0.352 e. The Hall–Kier alpha value is -3.29. The predicted molar refractivity (Wildman–Crippen MR) is 106 cm³/mol. The van der Waals surface area contributed by atoms with Crippen molar-refractivity contribution in [3.63, 3.8) is 0 Å². The number of carbonyl (C=O) groups excluding carboxylic acids is 1. The van der Waals surface area contributed by atoms with Gasteiger partial charge in [0.2, 0.25) is 5.91 Å². The molecule has 1 N–H and O–H groups in total. The van der Waals surface area contributed by atoms with Gasteiger partial charge < -0.3 is 5.32 Å². The van der Waals surface area contributed by atoms with Crippen LogP contribution in [-0.2, 0) is 31.9 Å². The third-order valence-corrected chi connectivity index (χ3v) is 4.99. The lowest BCUT2D eigenvalue weighted by atomic mass is 10.00. The standard InChI is InChI=1S/C20H23N5O3/c1-12-15(7-8-16(26)22-11-14-6-5-9-21-10-14)13(2)23-18-17(12)19(27)25(4)20(28)24(18)3/h5-6,9-10H,7-8,11H2,1-4H3,(H,22,26). The average Bonchev–Trinajstić information content (AvgIpc) is 2.69. The number of nitrogens with one attached hydrogen (secondary N) is 1. The molecular weight excluding hydrogens is 358 g/mol. The molecule has 0 bridgehead atoms. The van der Waals surface area contributed by atoms with Gasteiger partial charge in [0.1, 0.15) is 5.65 Å². The van der Waals surface area contributed by atoms with Gasteiger partial charge in [0.05, 0.1) is 5.39 Å². The third kappa shape index (κ3) is 3.58. The number of aryl methyl sites for hydroxylation is 3. The normalized spacial score (nSPS) is 11.0. The van der Waals surface area contributed by atoms with Gasteiger partial charge in [-0.3, -0.25) is 23.7 Å². The van der Waals surface area contributed by atoms with E-state index in [1.54, 1.807) is 19.4 Å². The van der Waals surface area contributed by atoms with Crippen LogP contribution in [0.15, 0.2) is 34.1 Å². The molecule has 0 aliphatic heterocycles. The molecule has 0 aromatic carbocycles. The minimum Gasteiger partial charge on any atom is -0.352 e. The van der Waals surface area contributed by atoms with Crippen molar-refractivity contribution in [2.75, 3.05) is 0 Å². The molecule has 3 heterocycles. The van der Waals surface area contributed by atoms with E-state index in [-0.39, 0.29) is 17.9 Å². The molecule has 3 aromatic rings. The summed E-state index contributed by atoms with van der Waals surface area (Å²) in [6.07, 6.45) is 4.14. The number of aromatic nitrogens is 4. The molecule has 8 nitrogen and oxygen atoms in total. The first-order valence-electron chi connectivity index (χ1n) is 9.02. The lowest BCUT2D eigenvalue weighted by molar-refractivity contribution is -0.121. The summed E-state index contributed by atoms with van der Waals surface area (Å²) in [5, 5.41) is 3.29. The fourth-order valence-electron chi connectivity index (χ4n) is 3.34. The van der Waals surface area contributed by atoms with E-state index in [1.165, 1.54) is 11.6 Å². The van der Waals surface area contributed by atoms with E-state index >= 15 is 0 Å². The number of fused-ring (bicyclic) bond motifs is 1. The molecule has 0 atom stereocenters. The van der Waals surface area contributed by atoms with E-state index in [1.807, 2.05) is 26.0 Å². The summed E-state index contributed by atoms with van der Waals surface area (Å²) >= 11 is 0. The summed E-state index contributed by atoms with van der Waals surface area (Å²) in [6.45, 7) is 4.09. The van der Waals surface area contributed by atoms with Gasteiger partial charge >= 0.3 is 5.69 Å². The van der Waals surface area contributed by atoms with Crippen LogP contribution in [-0.4, -0.2) is 25.0 Å². The smallest absolute Gasteiger partial charge is 0.332 e. The first-order valence-corrected chi connectivity index (χ1v) is 9.02. The summed E-state index contributed by atoms with van der Waals surface area (Å²) in [5.41, 5.74) is 2.86. The van der Waals surface area contributed by atoms with Crippen molar-refractivity contribution in [1.82, 2.24) is 24.4 Å². The van der Waals surface area contributed by atoms with Crippen LogP contribution in [0.5, 0.6) is 0 Å². The molecule has 0 radical (unpaired) electrons. The summed E-state index contributed by atoms with van der Waals surface area (Å²) in [7, 11) is 3.05. The van der Waals surface area contributed by atoms with Gasteiger partial charge in [-0.15, -0.1) is 0 Å². The van der Waals surface area contributed by atoms with Crippen LogP contribution in [0.2, 0.25) is 0 Å². The number of hydrogen-bond acceptors (Lipinski definition) is 5. The van der Waals surface area contributed by atoms with Crippen molar-refractivity contribution >= 4 is 16.9 Å². The van der Waals surface area contributed by atoms with Gasteiger partial charge in [-0.2, -0.15) is 0 Å². The predicted octanol–water partition coefficient (Wildman–Crippen LogP) is 0.893. The first-order chi connectivity index (χ1) is 13.3. The molecule has 0 unspecified atom stereocenters. The van der Waals surface area contributed by atoms with Crippen LogP contribution < -0.4 is 16.6 Å². The molecule has 0 saturated heterocycles. The summed E-state index contributed by atoms with van der Waals surface area (Å²) in [4.78, 5) is 45.5. The molecule has 0 aliphatic carbocycles. The van der Waals surface area contributed by atoms with E-state index in [9.17, 15) is 14.4 Å². The molecule has 0 aliphatic rings. The zero-order valence-corrected chi connectivity index (χ0v) is 16.4. The molecule has 3 rings (SSSR count). The van der Waals surface area contributed by atoms with E-state index in [4.69, 9.17) is 0 Å². The molecule has 3 aromatic heterocycles. The summed E-state index contributed by atoms with van der Waals surface area (Å²) < 4.78 is 2.46. The van der Waals surface area contributed by atoms with Crippen molar-refractivity contribution in [2.24, 2.45) is 14.1 Å². The van der Waals surface area contributed by atoms with Crippen LogP contribution in [0.25, 0.3) is 11.0 Å². The fraction of sp³-hybridized carbons (Fsp3) is 0.350. The zero-order valence-electron chi connectivity index (χ0n) is 16.4. The highest BCUT2D eigenvalue weighted by molar-refractivity contribution is 5.80. The van der Waals surface area contributed by atoms with Crippen LogP contribution in [0, 0.1) is 13.8 Å². The monoisotopic (exact) mass is 381 g/mol. The number of carbonyl (C=O) groups is 1. The van der Waals surface area contributed by atoms with E-state index in [0.29, 0.717) is 29.7 Å². The van der Waals surface area contributed by atoms with Gasteiger partial charge in [0.25, 0.3) is 5.56 Å². The maximum Gasteiger partial charge on any atom is 0.332 e. The minimum atomic E-state index is -0.411. The highest BCUT2D eigenvalue weighted by Crippen LogP contribution is 2.20. The second-order valence-corrected chi connectivity index (χ2v) is 6.84. The topological polar surface area (TPSA) is 98.9 Å². The zero-order chi connectivity index (χ0) is 20.4. The van der Waals surface area contributed by atoms with E-state index < -0.39 is 5.69 Å². The van der Waals surface area contributed by atoms with Gasteiger partial charge in [0, 0.05) is 45.1 Å². The van der Waals surface area contributed by atoms with Crippen LogP contribution in [0.1, 0.15) is 28.8 Å². The average molecular weight is 381 g/mol. The lowest BCUT2D eigenvalue weighted by Gasteiger charge is -2.14. The maximum atomic E-state index is 12.6. The molecule has 0 saturated carbocycles. The Kier molecular flexibility index (Phi) is 5.39. The Labute approximate surface area is 161 Å². The summed E-state index contributed by atoms with van der Waals surface area (Å²) in [5.74, 6) is -0.0869. The van der Waals surface area contributed by atoms with Crippen molar-refractivity contribution in [1.29, 1.82) is 0 Å². The number of rotatable bonds is 5. The number of amides is 1. The molecule has 0 spiro atoms. The van der Waals surface area contributed by atoms with Gasteiger partial charge in [-0.1, -0.05) is 6.07 Å². The molecule has 28 heavy (non-hydrogen) atoms. The van der Waals surface area contributed by atoms with Gasteiger partial charge in [-0.25, -0.2) is 9.78 Å². The van der Waals surface area contributed by atoms with Crippen molar-refractivity contribution in [3.8, 4) is 0 Å². The second-order valence-electron chi connectivity index (χ2n) is 6.84. The number of hydrogen-bond donors (Lipinski definition) is 1. The Morgan fingerprint density at radius 1 is 1.18 bits per heavy atom. The summed E-state index contributed by atoms with van der Waals surface area (Å²) in [6, 6.07) is 3.72. The Morgan fingerprint density at radius 3 is 2.61 bits per heavy atom. The fourth-order valence-corrected chi connectivity index (χ4v) is 3.34. The van der Waals surface area contributed by atoms with Gasteiger partial charge in [-0.05, 0) is 43.0 Å². The van der Waals surface area contributed by atoms with Gasteiger partial charge in [0.15, 0.2) is 0 Å². The first kappa shape index (κ1) is 19.5. The number of pyridine rings is 2. The van der Waals surface area contributed by atoms with Crippen molar-refractivity contribution in [2.45, 2.75) is 33.2 Å². The lowest BCUT2D eigenvalue weighted by Crippen LogP contribution is -2.38. The molecular formula is C20H23N5O3. The van der Waals surface area contributed by atoms with Crippen LogP contribution >= 0.6 is 0 Å². The highest BCUT2D eigenvalue weighted by Gasteiger charge is 2.17. The third-order valence-electron chi connectivity index (χ3n) is 4.99. The Morgan fingerprint density at radius 2 is 1.93 bits per heavy atom. The molecule has 146 valence electrons. The van der Waals surface area contributed by atoms with E-state index in [0.717, 1.165) is 21.3 Å². The van der Waals surface area contributed by atoms with E-state index in [2.05, 4.69) is 15.3 Å². The Balaban J connectivity index is 1.84. The molecule has 8 heteroatoms. The Bertz CT molecular complexity index is 1160.